The summed E-state index contributed by atoms with van der Waals surface area (Å²) in [6.45, 7) is 1.01. The summed E-state index contributed by atoms with van der Waals surface area (Å²) in [5.41, 5.74) is 2.20. The average molecular weight is 399 g/mol. The third-order valence-corrected chi connectivity index (χ3v) is 5.23. The summed E-state index contributed by atoms with van der Waals surface area (Å²) in [5.74, 6) is 0.780. The van der Waals surface area contributed by atoms with Gasteiger partial charge in [0.25, 0.3) is 0 Å². The van der Waals surface area contributed by atoms with Gasteiger partial charge in [0.1, 0.15) is 11.9 Å². The number of likely N-dealkylation sites (N-methyl/N-ethyl adjacent to an activating group) is 1. The highest BCUT2D eigenvalue weighted by Crippen LogP contribution is 2.20. The molecule has 152 valence electrons. The summed E-state index contributed by atoms with van der Waals surface area (Å²) in [5, 5.41) is 5.60. The van der Waals surface area contributed by atoms with E-state index in [1.807, 2.05) is 72.2 Å². The molecular weight excluding hydrogens is 372 g/mol. The molecule has 1 unspecified atom stereocenters. The number of rotatable bonds is 7. The fourth-order valence-electron chi connectivity index (χ4n) is 3.75. The van der Waals surface area contributed by atoms with E-state index in [9.17, 15) is 4.79 Å². The summed E-state index contributed by atoms with van der Waals surface area (Å²) < 4.78 is 1.94. The molecule has 1 heterocycles. The van der Waals surface area contributed by atoms with Crippen molar-refractivity contribution in [2.24, 2.45) is 7.05 Å². The Labute approximate surface area is 177 Å². The number of hydrogen-bond donors (Lipinski definition) is 1. The van der Waals surface area contributed by atoms with Crippen molar-refractivity contribution in [3.05, 3.63) is 102 Å². The second-order valence-corrected chi connectivity index (χ2v) is 7.66. The fraction of sp³-hybridized carbons (Fsp3) is 0.200. The van der Waals surface area contributed by atoms with Crippen molar-refractivity contribution in [3.63, 3.8) is 0 Å². The lowest BCUT2D eigenvalue weighted by atomic mass is 10.1. The minimum atomic E-state index is -0.284. The number of aryl methyl sites for hydroxylation is 1. The van der Waals surface area contributed by atoms with Crippen molar-refractivity contribution in [2.75, 3.05) is 13.6 Å². The first-order valence-electron chi connectivity index (χ1n) is 10.1. The molecule has 0 saturated carbocycles. The largest absolute Gasteiger partial charge is 0.341 e. The zero-order valence-electron chi connectivity index (χ0n) is 17.3. The first kappa shape index (κ1) is 19.9. The summed E-state index contributed by atoms with van der Waals surface area (Å²) in [4.78, 5) is 19.3. The van der Waals surface area contributed by atoms with Gasteiger partial charge in [0, 0.05) is 26.0 Å². The van der Waals surface area contributed by atoms with Crippen LogP contribution in [0.2, 0.25) is 0 Å². The van der Waals surface area contributed by atoms with Crippen LogP contribution in [0.1, 0.15) is 23.0 Å². The summed E-state index contributed by atoms with van der Waals surface area (Å²) in [7, 11) is 3.91. The zero-order chi connectivity index (χ0) is 20.9. The van der Waals surface area contributed by atoms with Crippen molar-refractivity contribution < 1.29 is 4.79 Å². The number of nitrogens with one attached hydrogen (secondary N) is 1. The fourth-order valence-corrected chi connectivity index (χ4v) is 3.75. The number of imidazole rings is 1. The Morgan fingerprint density at radius 2 is 1.77 bits per heavy atom. The van der Waals surface area contributed by atoms with E-state index in [-0.39, 0.29) is 11.9 Å². The van der Waals surface area contributed by atoms with Crippen LogP contribution in [0.25, 0.3) is 10.8 Å². The summed E-state index contributed by atoms with van der Waals surface area (Å²) in [6.07, 6.45) is 3.65. The Balaban J connectivity index is 1.44. The molecule has 1 N–H and O–H groups in total. The maximum absolute atomic E-state index is 12.9. The number of fused-ring (bicyclic) bond motifs is 1. The van der Waals surface area contributed by atoms with Crippen molar-refractivity contribution in [2.45, 2.75) is 12.6 Å². The molecular formula is C25H26N4O. The highest BCUT2D eigenvalue weighted by molar-refractivity contribution is 5.83. The summed E-state index contributed by atoms with van der Waals surface area (Å²) >= 11 is 0. The molecule has 0 aliphatic rings. The third-order valence-electron chi connectivity index (χ3n) is 5.23. The van der Waals surface area contributed by atoms with Gasteiger partial charge in [-0.05, 0) is 35.0 Å². The van der Waals surface area contributed by atoms with E-state index >= 15 is 0 Å². The van der Waals surface area contributed by atoms with Crippen molar-refractivity contribution in [3.8, 4) is 0 Å². The second-order valence-electron chi connectivity index (χ2n) is 7.66. The molecule has 0 aliphatic heterocycles. The lowest BCUT2D eigenvalue weighted by molar-refractivity contribution is -0.122. The number of hydrogen-bond acceptors (Lipinski definition) is 3. The van der Waals surface area contributed by atoms with E-state index in [2.05, 4.69) is 40.6 Å². The highest BCUT2D eigenvalue weighted by atomic mass is 16.2. The second kappa shape index (κ2) is 8.93. The minimum Gasteiger partial charge on any atom is -0.341 e. The van der Waals surface area contributed by atoms with Crippen LogP contribution < -0.4 is 5.32 Å². The van der Waals surface area contributed by atoms with Crippen LogP contribution in [0.4, 0.5) is 0 Å². The quantitative estimate of drug-likeness (QED) is 0.513. The molecule has 4 rings (SSSR count). The molecule has 3 aromatic carbocycles. The predicted octanol–water partition coefficient (Wildman–Crippen LogP) is 3.91. The average Bonchev–Trinajstić information content (AvgIpc) is 3.18. The van der Waals surface area contributed by atoms with E-state index in [4.69, 9.17) is 0 Å². The molecule has 0 fully saturated rings. The van der Waals surface area contributed by atoms with E-state index in [1.54, 1.807) is 6.20 Å². The smallest absolute Gasteiger partial charge is 0.235 e. The SMILES string of the molecule is CN(CC(=O)NC(c1ccccc1)c1nccn1C)Cc1ccc2ccccc2c1. The monoisotopic (exact) mass is 398 g/mol. The molecule has 0 saturated heterocycles. The predicted molar refractivity (Wildman–Crippen MR) is 120 cm³/mol. The van der Waals surface area contributed by atoms with Crippen LogP contribution in [0.5, 0.6) is 0 Å². The first-order chi connectivity index (χ1) is 14.6. The van der Waals surface area contributed by atoms with Gasteiger partial charge in [-0.25, -0.2) is 4.98 Å². The first-order valence-corrected chi connectivity index (χ1v) is 10.1. The normalized spacial score (nSPS) is 12.2. The Morgan fingerprint density at radius 3 is 2.50 bits per heavy atom. The molecule has 5 nitrogen and oxygen atoms in total. The van der Waals surface area contributed by atoms with Crippen LogP contribution in [-0.4, -0.2) is 34.0 Å². The lowest BCUT2D eigenvalue weighted by Gasteiger charge is -2.22. The highest BCUT2D eigenvalue weighted by Gasteiger charge is 2.21. The Bertz CT molecular complexity index is 1140. The van der Waals surface area contributed by atoms with Gasteiger partial charge in [-0.2, -0.15) is 0 Å². The third kappa shape index (κ3) is 4.58. The van der Waals surface area contributed by atoms with Gasteiger partial charge in [0.05, 0.1) is 6.54 Å². The van der Waals surface area contributed by atoms with Crippen molar-refractivity contribution in [1.82, 2.24) is 19.8 Å². The van der Waals surface area contributed by atoms with Gasteiger partial charge in [0.15, 0.2) is 0 Å². The molecule has 0 bridgehead atoms. The number of aromatic nitrogens is 2. The standard InChI is InChI=1S/C25H26N4O/c1-28(17-19-12-13-20-8-6-7-11-22(20)16-19)18-23(30)27-24(21-9-4-3-5-10-21)25-26-14-15-29(25)2/h3-16,24H,17-18H2,1-2H3,(H,27,30). The molecule has 0 spiro atoms. The number of nitrogens with zero attached hydrogens (tertiary/aromatic N) is 3. The Morgan fingerprint density at radius 1 is 1.03 bits per heavy atom. The van der Waals surface area contributed by atoms with Gasteiger partial charge in [-0.3, -0.25) is 9.69 Å². The molecule has 5 heteroatoms. The maximum Gasteiger partial charge on any atom is 0.235 e. The molecule has 30 heavy (non-hydrogen) atoms. The number of amides is 1. The molecule has 1 atom stereocenters. The topological polar surface area (TPSA) is 50.2 Å². The van der Waals surface area contributed by atoms with E-state index < -0.39 is 0 Å². The molecule has 1 amide bonds. The zero-order valence-corrected chi connectivity index (χ0v) is 17.3. The van der Waals surface area contributed by atoms with Crippen LogP contribution >= 0.6 is 0 Å². The minimum absolute atomic E-state index is 0.0323. The van der Waals surface area contributed by atoms with Crippen molar-refractivity contribution in [1.29, 1.82) is 0 Å². The molecule has 4 aromatic rings. The van der Waals surface area contributed by atoms with Gasteiger partial charge in [-0.15, -0.1) is 0 Å². The Hall–Kier alpha value is -3.44. The molecule has 1 aromatic heterocycles. The van der Waals surface area contributed by atoms with Crippen LogP contribution in [0, 0.1) is 0 Å². The maximum atomic E-state index is 12.9. The number of benzene rings is 3. The Kier molecular flexibility index (Phi) is 5.91. The van der Waals surface area contributed by atoms with Crippen molar-refractivity contribution >= 4 is 16.7 Å². The lowest BCUT2D eigenvalue weighted by Crippen LogP contribution is -2.38. The van der Waals surface area contributed by atoms with E-state index in [1.165, 1.54) is 16.3 Å². The van der Waals surface area contributed by atoms with E-state index in [0.29, 0.717) is 13.1 Å². The molecule has 0 aliphatic carbocycles. The molecule has 0 radical (unpaired) electrons. The number of carbonyl (C=O) groups is 1. The van der Waals surface area contributed by atoms with Crippen LogP contribution in [-0.2, 0) is 18.4 Å². The van der Waals surface area contributed by atoms with Gasteiger partial charge >= 0.3 is 0 Å². The van der Waals surface area contributed by atoms with Crippen LogP contribution in [0.3, 0.4) is 0 Å². The van der Waals surface area contributed by atoms with Crippen LogP contribution in [0.15, 0.2) is 85.2 Å². The summed E-state index contributed by atoms with van der Waals surface area (Å²) in [6, 6.07) is 24.4. The number of carbonyl (C=O) groups excluding carboxylic acids is 1. The van der Waals surface area contributed by atoms with Gasteiger partial charge < -0.3 is 9.88 Å². The van der Waals surface area contributed by atoms with E-state index in [0.717, 1.165) is 11.4 Å². The van der Waals surface area contributed by atoms with Gasteiger partial charge in [0.2, 0.25) is 5.91 Å². The van der Waals surface area contributed by atoms with Gasteiger partial charge in [-0.1, -0.05) is 66.7 Å².